The molecule has 0 saturated heterocycles. The van der Waals surface area contributed by atoms with Gasteiger partial charge in [-0.25, -0.2) is 5.43 Å². The van der Waals surface area contributed by atoms with Gasteiger partial charge in [-0.2, -0.15) is 5.10 Å². The van der Waals surface area contributed by atoms with Crippen molar-refractivity contribution in [2.75, 3.05) is 7.11 Å². The van der Waals surface area contributed by atoms with Crippen LogP contribution in [0.1, 0.15) is 21.5 Å². The molecule has 8 heteroatoms. The Bertz CT molecular complexity index is 1010. The lowest BCUT2D eigenvalue weighted by Gasteiger charge is -2.13. The summed E-state index contributed by atoms with van der Waals surface area (Å²) in [5, 5.41) is 3.99. The van der Waals surface area contributed by atoms with Crippen LogP contribution in [0.25, 0.3) is 0 Å². The molecule has 148 valence electrons. The Morgan fingerprint density at radius 3 is 2.69 bits per heavy atom. The van der Waals surface area contributed by atoms with Gasteiger partial charge in [-0.3, -0.25) is 9.78 Å². The fourth-order valence-corrected chi connectivity index (χ4v) is 3.26. The van der Waals surface area contributed by atoms with Crippen LogP contribution in [-0.4, -0.2) is 24.2 Å². The van der Waals surface area contributed by atoms with E-state index in [2.05, 4.69) is 47.4 Å². The third kappa shape index (κ3) is 5.88. The van der Waals surface area contributed by atoms with Gasteiger partial charge in [-0.05, 0) is 63.5 Å². The Morgan fingerprint density at radius 1 is 1.21 bits per heavy atom. The standard InChI is InChI=1S/C21H17Br2N3O3/c1-28-19-10-15(11-25-26-21(27)16-3-2-8-24-12-16)9-18(23)20(19)29-13-14-4-6-17(22)7-5-14/h2-12H,13H2,1H3,(H,26,27)/b25-11-. The van der Waals surface area contributed by atoms with Gasteiger partial charge in [0.15, 0.2) is 11.5 Å². The number of carbonyl (C=O) groups excluding carboxylic acids is 1. The van der Waals surface area contributed by atoms with Crippen LogP contribution >= 0.6 is 31.9 Å². The average Bonchev–Trinajstić information content (AvgIpc) is 2.74. The quantitative estimate of drug-likeness (QED) is 0.354. The Kier molecular flexibility index (Phi) is 7.37. The summed E-state index contributed by atoms with van der Waals surface area (Å²) in [4.78, 5) is 15.9. The van der Waals surface area contributed by atoms with Crippen LogP contribution in [0.5, 0.6) is 11.5 Å². The monoisotopic (exact) mass is 517 g/mol. The summed E-state index contributed by atoms with van der Waals surface area (Å²) in [5.74, 6) is 0.804. The van der Waals surface area contributed by atoms with Crippen LogP contribution in [0, 0.1) is 0 Å². The van der Waals surface area contributed by atoms with E-state index < -0.39 is 0 Å². The maximum Gasteiger partial charge on any atom is 0.272 e. The topological polar surface area (TPSA) is 72.8 Å². The molecule has 29 heavy (non-hydrogen) atoms. The zero-order valence-corrected chi connectivity index (χ0v) is 18.6. The van der Waals surface area contributed by atoms with E-state index in [0.29, 0.717) is 28.1 Å². The molecule has 0 fully saturated rings. The number of hydrogen-bond donors (Lipinski definition) is 1. The van der Waals surface area contributed by atoms with Gasteiger partial charge in [0.2, 0.25) is 0 Å². The fourth-order valence-electron chi connectivity index (χ4n) is 2.42. The second-order valence-electron chi connectivity index (χ2n) is 5.89. The minimum absolute atomic E-state index is 0.338. The van der Waals surface area contributed by atoms with Crippen molar-refractivity contribution in [2.45, 2.75) is 6.61 Å². The van der Waals surface area contributed by atoms with E-state index in [0.717, 1.165) is 15.6 Å². The van der Waals surface area contributed by atoms with E-state index in [9.17, 15) is 4.79 Å². The highest BCUT2D eigenvalue weighted by Crippen LogP contribution is 2.36. The highest BCUT2D eigenvalue weighted by molar-refractivity contribution is 9.10. The number of hydrogen-bond acceptors (Lipinski definition) is 5. The number of nitrogens with zero attached hydrogens (tertiary/aromatic N) is 2. The first-order valence-corrected chi connectivity index (χ1v) is 10.1. The number of ether oxygens (including phenoxy) is 2. The van der Waals surface area contributed by atoms with Crippen molar-refractivity contribution in [1.82, 2.24) is 10.4 Å². The summed E-state index contributed by atoms with van der Waals surface area (Å²) < 4.78 is 13.1. The van der Waals surface area contributed by atoms with Crippen molar-refractivity contribution >= 4 is 44.0 Å². The van der Waals surface area contributed by atoms with Gasteiger partial charge < -0.3 is 9.47 Å². The van der Waals surface area contributed by atoms with Gasteiger partial charge in [-0.15, -0.1) is 0 Å². The second-order valence-corrected chi connectivity index (χ2v) is 7.66. The van der Waals surface area contributed by atoms with Crippen molar-refractivity contribution in [3.63, 3.8) is 0 Å². The van der Waals surface area contributed by atoms with Gasteiger partial charge in [0.25, 0.3) is 5.91 Å². The highest BCUT2D eigenvalue weighted by atomic mass is 79.9. The van der Waals surface area contributed by atoms with E-state index in [1.165, 1.54) is 12.4 Å². The van der Waals surface area contributed by atoms with Gasteiger partial charge in [0.1, 0.15) is 6.61 Å². The van der Waals surface area contributed by atoms with E-state index in [1.807, 2.05) is 30.3 Å². The molecule has 0 unspecified atom stereocenters. The maximum atomic E-state index is 12.0. The Hall–Kier alpha value is -2.71. The maximum absolute atomic E-state index is 12.0. The minimum Gasteiger partial charge on any atom is -0.493 e. The van der Waals surface area contributed by atoms with Crippen LogP contribution in [0.15, 0.2) is 75.0 Å². The van der Waals surface area contributed by atoms with Crippen molar-refractivity contribution in [3.8, 4) is 11.5 Å². The zero-order chi connectivity index (χ0) is 20.6. The van der Waals surface area contributed by atoms with Crippen molar-refractivity contribution in [3.05, 3.63) is 86.6 Å². The van der Waals surface area contributed by atoms with Crippen LogP contribution in [0.2, 0.25) is 0 Å². The number of hydrazone groups is 1. The third-order valence-corrected chi connectivity index (χ3v) is 4.97. The van der Waals surface area contributed by atoms with Gasteiger partial charge in [-0.1, -0.05) is 28.1 Å². The smallest absolute Gasteiger partial charge is 0.272 e. The molecule has 6 nitrogen and oxygen atoms in total. The van der Waals surface area contributed by atoms with Crippen LogP contribution in [0.3, 0.4) is 0 Å². The average molecular weight is 519 g/mol. The first kappa shape index (κ1) is 21.0. The predicted octanol–water partition coefficient (Wildman–Crippen LogP) is 4.96. The molecule has 0 saturated carbocycles. The number of methoxy groups -OCH3 is 1. The van der Waals surface area contributed by atoms with Crippen molar-refractivity contribution in [1.29, 1.82) is 0 Å². The SMILES string of the molecule is COc1cc(/C=N\NC(=O)c2cccnc2)cc(Br)c1OCc1ccc(Br)cc1. The summed E-state index contributed by atoms with van der Waals surface area (Å²) in [6.07, 6.45) is 4.60. The number of benzene rings is 2. The van der Waals surface area contributed by atoms with Crippen molar-refractivity contribution in [2.24, 2.45) is 5.10 Å². The fraction of sp³-hybridized carbons (Fsp3) is 0.0952. The number of amides is 1. The number of pyridine rings is 1. The van der Waals surface area contributed by atoms with Crippen molar-refractivity contribution < 1.29 is 14.3 Å². The summed E-state index contributed by atoms with van der Waals surface area (Å²) in [7, 11) is 1.57. The van der Waals surface area contributed by atoms with Crippen LogP contribution in [-0.2, 0) is 6.61 Å². The Morgan fingerprint density at radius 2 is 2.00 bits per heavy atom. The lowest BCUT2D eigenvalue weighted by molar-refractivity contribution is 0.0955. The molecule has 2 aromatic carbocycles. The van der Waals surface area contributed by atoms with E-state index >= 15 is 0 Å². The molecule has 0 spiro atoms. The minimum atomic E-state index is -0.338. The number of aromatic nitrogens is 1. The highest BCUT2D eigenvalue weighted by Gasteiger charge is 2.12. The molecule has 0 aliphatic carbocycles. The number of halogens is 2. The normalized spacial score (nSPS) is 10.7. The molecular formula is C21H17Br2N3O3. The molecule has 0 aliphatic rings. The number of carbonyl (C=O) groups is 1. The van der Waals surface area contributed by atoms with Gasteiger partial charge in [0.05, 0.1) is 23.4 Å². The molecule has 0 aliphatic heterocycles. The Labute approximate surface area is 185 Å². The molecule has 3 rings (SSSR count). The first-order chi connectivity index (χ1) is 14.1. The zero-order valence-electron chi connectivity index (χ0n) is 15.4. The summed E-state index contributed by atoms with van der Waals surface area (Å²) in [6.45, 7) is 0.400. The summed E-state index contributed by atoms with van der Waals surface area (Å²) in [5.41, 5.74) is 4.67. The lowest BCUT2D eigenvalue weighted by atomic mass is 10.2. The Balaban J connectivity index is 1.68. The molecule has 0 radical (unpaired) electrons. The molecular weight excluding hydrogens is 502 g/mol. The number of nitrogens with one attached hydrogen (secondary N) is 1. The lowest BCUT2D eigenvalue weighted by Crippen LogP contribution is -2.17. The molecule has 0 atom stereocenters. The largest absolute Gasteiger partial charge is 0.493 e. The van der Waals surface area contributed by atoms with Gasteiger partial charge in [0, 0.05) is 16.9 Å². The van der Waals surface area contributed by atoms with E-state index in [4.69, 9.17) is 9.47 Å². The second kappa shape index (κ2) is 10.2. The van der Waals surface area contributed by atoms with E-state index in [-0.39, 0.29) is 5.91 Å². The molecule has 1 amide bonds. The third-order valence-electron chi connectivity index (χ3n) is 3.85. The van der Waals surface area contributed by atoms with Crippen LogP contribution in [0.4, 0.5) is 0 Å². The molecule has 1 heterocycles. The molecule has 1 aromatic heterocycles. The summed E-state index contributed by atoms with van der Waals surface area (Å²) >= 11 is 6.93. The van der Waals surface area contributed by atoms with E-state index in [1.54, 1.807) is 31.5 Å². The first-order valence-electron chi connectivity index (χ1n) is 8.55. The van der Waals surface area contributed by atoms with Crippen LogP contribution < -0.4 is 14.9 Å². The molecule has 0 bridgehead atoms. The molecule has 3 aromatic rings. The number of rotatable bonds is 7. The summed E-state index contributed by atoms with van der Waals surface area (Å²) in [6, 6.07) is 14.9. The predicted molar refractivity (Wildman–Crippen MR) is 118 cm³/mol. The molecule has 1 N–H and O–H groups in total. The van der Waals surface area contributed by atoms with Gasteiger partial charge >= 0.3 is 0 Å².